The van der Waals surface area contributed by atoms with E-state index in [2.05, 4.69) is 20.5 Å². The van der Waals surface area contributed by atoms with Crippen molar-refractivity contribution in [2.24, 2.45) is 0 Å². The summed E-state index contributed by atoms with van der Waals surface area (Å²) in [5, 5.41) is 9.06. The number of carbonyl (C=O) groups is 1. The zero-order valence-corrected chi connectivity index (χ0v) is 8.55. The summed E-state index contributed by atoms with van der Waals surface area (Å²) in [6, 6.07) is 0. The number of carbonyl (C=O) groups excluding carboxylic acids is 1. The second kappa shape index (κ2) is 6.37. The van der Waals surface area contributed by atoms with E-state index in [0.29, 0.717) is 24.7 Å². The van der Waals surface area contributed by atoms with Gasteiger partial charge >= 0.3 is 0 Å². The highest BCUT2D eigenvalue weighted by Gasteiger charge is 2.01. The number of H-pyrrole nitrogens is 1. The molecule has 0 spiro atoms. The third-order valence-electron chi connectivity index (χ3n) is 1.71. The second-order valence-corrected chi connectivity index (χ2v) is 3.23. The number of hydrogen-bond donors (Lipinski definition) is 2. The quantitative estimate of drug-likeness (QED) is 0.547. The summed E-state index contributed by atoms with van der Waals surface area (Å²) >= 11 is 5.49. The molecule has 0 saturated carbocycles. The van der Waals surface area contributed by atoms with Gasteiger partial charge in [-0.2, -0.15) is 5.10 Å². The maximum atomic E-state index is 11.2. The zero-order valence-electron chi connectivity index (χ0n) is 7.79. The van der Waals surface area contributed by atoms with E-state index in [0.717, 1.165) is 12.8 Å². The van der Waals surface area contributed by atoms with E-state index >= 15 is 0 Å². The molecule has 1 amide bonds. The molecule has 0 aliphatic heterocycles. The molecule has 5 nitrogen and oxygen atoms in total. The standard InChI is InChI=1S/C8H13ClN4O/c9-4-2-1-3-8(14)10-5-7-11-6-12-13-7/h6H,1-5H2,(H,10,14)(H,11,12,13). The number of alkyl halides is 1. The van der Waals surface area contributed by atoms with Crippen molar-refractivity contribution < 1.29 is 4.79 Å². The number of amides is 1. The molecule has 6 heteroatoms. The van der Waals surface area contributed by atoms with Gasteiger partial charge in [-0.25, -0.2) is 4.98 Å². The third kappa shape index (κ3) is 4.23. The largest absolute Gasteiger partial charge is 0.349 e. The maximum Gasteiger partial charge on any atom is 0.220 e. The first-order valence-corrected chi connectivity index (χ1v) is 5.03. The fourth-order valence-corrected chi connectivity index (χ4v) is 1.16. The van der Waals surface area contributed by atoms with E-state index in [4.69, 9.17) is 11.6 Å². The molecule has 0 aliphatic rings. The minimum absolute atomic E-state index is 0.0199. The lowest BCUT2D eigenvalue weighted by Crippen LogP contribution is -2.22. The van der Waals surface area contributed by atoms with E-state index in [9.17, 15) is 4.79 Å². The molecule has 1 rings (SSSR count). The van der Waals surface area contributed by atoms with E-state index < -0.39 is 0 Å². The average Bonchev–Trinajstić information content (AvgIpc) is 2.68. The minimum Gasteiger partial charge on any atom is -0.349 e. The molecule has 0 saturated heterocycles. The second-order valence-electron chi connectivity index (χ2n) is 2.85. The number of unbranched alkanes of at least 4 members (excludes halogenated alkanes) is 1. The lowest BCUT2D eigenvalue weighted by atomic mass is 10.2. The SMILES string of the molecule is O=C(CCCCCl)NCc1ncn[nH]1. The molecule has 0 radical (unpaired) electrons. The Morgan fingerprint density at radius 3 is 3.07 bits per heavy atom. The summed E-state index contributed by atoms with van der Waals surface area (Å²) in [6.45, 7) is 0.402. The van der Waals surface area contributed by atoms with Crippen LogP contribution in [0.25, 0.3) is 0 Å². The number of hydrogen-bond acceptors (Lipinski definition) is 3. The summed E-state index contributed by atoms with van der Waals surface area (Å²) < 4.78 is 0. The number of rotatable bonds is 6. The molecule has 0 atom stereocenters. The van der Waals surface area contributed by atoms with Crippen LogP contribution >= 0.6 is 11.6 Å². The van der Waals surface area contributed by atoms with Gasteiger partial charge in [0, 0.05) is 12.3 Å². The fourth-order valence-electron chi connectivity index (χ4n) is 0.967. The predicted octanol–water partition coefficient (Wildman–Crippen LogP) is 0.830. The Labute approximate surface area is 87.3 Å². The first kappa shape index (κ1) is 11.0. The van der Waals surface area contributed by atoms with Crippen LogP contribution in [-0.2, 0) is 11.3 Å². The van der Waals surface area contributed by atoms with Gasteiger partial charge in [0.1, 0.15) is 12.2 Å². The molecule has 78 valence electrons. The lowest BCUT2D eigenvalue weighted by molar-refractivity contribution is -0.121. The highest BCUT2D eigenvalue weighted by Crippen LogP contribution is 1.97. The van der Waals surface area contributed by atoms with Crippen molar-refractivity contribution in [1.82, 2.24) is 20.5 Å². The zero-order chi connectivity index (χ0) is 10.2. The molecule has 1 aromatic rings. The van der Waals surface area contributed by atoms with Crippen molar-refractivity contribution in [3.63, 3.8) is 0 Å². The Morgan fingerprint density at radius 1 is 1.57 bits per heavy atom. The smallest absolute Gasteiger partial charge is 0.220 e. The van der Waals surface area contributed by atoms with Crippen molar-refractivity contribution in [2.75, 3.05) is 5.88 Å². The van der Waals surface area contributed by atoms with E-state index in [1.54, 1.807) is 0 Å². The first-order valence-electron chi connectivity index (χ1n) is 4.50. The number of halogens is 1. The Morgan fingerprint density at radius 2 is 2.43 bits per heavy atom. The lowest BCUT2D eigenvalue weighted by Gasteiger charge is -2.01. The van der Waals surface area contributed by atoms with Gasteiger partial charge in [-0.05, 0) is 12.8 Å². The third-order valence-corrected chi connectivity index (χ3v) is 1.97. The fraction of sp³-hybridized carbons (Fsp3) is 0.625. The van der Waals surface area contributed by atoms with Crippen LogP contribution < -0.4 is 5.32 Å². The highest BCUT2D eigenvalue weighted by atomic mass is 35.5. The van der Waals surface area contributed by atoms with Gasteiger partial charge in [-0.15, -0.1) is 11.6 Å². The van der Waals surface area contributed by atoms with Crippen molar-refractivity contribution >= 4 is 17.5 Å². The van der Waals surface area contributed by atoms with Gasteiger partial charge in [-0.3, -0.25) is 9.89 Å². The first-order chi connectivity index (χ1) is 6.83. The van der Waals surface area contributed by atoms with E-state index in [1.165, 1.54) is 6.33 Å². The van der Waals surface area contributed by atoms with Crippen LogP contribution in [0.5, 0.6) is 0 Å². The minimum atomic E-state index is 0.0199. The van der Waals surface area contributed by atoms with Crippen LogP contribution in [0.1, 0.15) is 25.1 Å². The molecule has 14 heavy (non-hydrogen) atoms. The number of nitrogens with one attached hydrogen (secondary N) is 2. The van der Waals surface area contributed by atoms with Crippen LogP contribution in [-0.4, -0.2) is 27.0 Å². The summed E-state index contributed by atoms with van der Waals surface area (Å²) in [5.74, 6) is 1.29. The molecule has 0 bridgehead atoms. The van der Waals surface area contributed by atoms with Crippen molar-refractivity contribution in [2.45, 2.75) is 25.8 Å². The summed E-state index contributed by atoms with van der Waals surface area (Å²) in [5.41, 5.74) is 0. The molecule has 2 N–H and O–H groups in total. The molecular formula is C8H13ClN4O. The topological polar surface area (TPSA) is 70.7 Å². The van der Waals surface area contributed by atoms with Gasteiger partial charge in [0.05, 0.1) is 6.54 Å². The summed E-state index contributed by atoms with van der Waals surface area (Å²) in [7, 11) is 0. The number of aromatic nitrogens is 3. The molecule has 0 fully saturated rings. The predicted molar refractivity (Wildman–Crippen MR) is 52.8 cm³/mol. The van der Waals surface area contributed by atoms with E-state index in [-0.39, 0.29) is 5.91 Å². The Bertz CT molecular complexity index is 262. The average molecular weight is 217 g/mol. The van der Waals surface area contributed by atoms with Gasteiger partial charge in [0.2, 0.25) is 5.91 Å². The Hall–Kier alpha value is -1.10. The molecule has 1 aromatic heterocycles. The van der Waals surface area contributed by atoms with Crippen LogP contribution in [0, 0.1) is 0 Å². The van der Waals surface area contributed by atoms with Gasteiger partial charge in [-0.1, -0.05) is 0 Å². The van der Waals surface area contributed by atoms with Gasteiger partial charge < -0.3 is 5.32 Å². The molecule has 1 heterocycles. The van der Waals surface area contributed by atoms with Crippen molar-refractivity contribution in [1.29, 1.82) is 0 Å². The van der Waals surface area contributed by atoms with Crippen LogP contribution in [0.2, 0.25) is 0 Å². The molecular weight excluding hydrogens is 204 g/mol. The van der Waals surface area contributed by atoms with Crippen molar-refractivity contribution in [3.05, 3.63) is 12.2 Å². The highest BCUT2D eigenvalue weighted by molar-refractivity contribution is 6.17. The maximum absolute atomic E-state index is 11.2. The van der Waals surface area contributed by atoms with Gasteiger partial charge in [0.15, 0.2) is 0 Å². The van der Waals surface area contributed by atoms with Crippen LogP contribution in [0.4, 0.5) is 0 Å². The number of aromatic amines is 1. The normalized spacial score (nSPS) is 10.1. The number of nitrogens with zero attached hydrogens (tertiary/aromatic N) is 2. The summed E-state index contributed by atoms with van der Waals surface area (Å²) in [4.78, 5) is 15.1. The van der Waals surface area contributed by atoms with Crippen LogP contribution in [0.3, 0.4) is 0 Å². The molecule has 0 aliphatic carbocycles. The Balaban J connectivity index is 2.09. The monoisotopic (exact) mass is 216 g/mol. The molecule has 0 aromatic carbocycles. The molecule has 0 unspecified atom stereocenters. The van der Waals surface area contributed by atoms with Crippen molar-refractivity contribution in [3.8, 4) is 0 Å². The van der Waals surface area contributed by atoms with E-state index in [1.807, 2.05) is 0 Å². The van der Waals surface area contributed by atoms with Crippen LogP contribution in [0.15, 0.2) is 6.33 Å². The summed E-state index contributed by atoms with van der Waals surface area (Å²) in [6.07, 6.45) is 3.62. The van der Waals surface area contributed by atoms with Gasteiger partial charge in [0.25, 0.3) is 0 Å². The Kier molecular flexibility index (Phi) is 4.99.